The number of methoxy groups -OCH3 is 2. The van der Waals surface area contributed by atoms with Gasteiger partial charge >= 0.3 is 5.97 Å². The lowest BCUT2D eigenvalue weighted by Gasteiger charge is -2.22. The summed E-state index contributed by atoms with van der Waals surface area (Å²) in [5.74, 6) is -0.212. The molecule has 0 heterocycles. The molecule has 0 aromatic heterocycles. The molecule has 2 rings (SSSR count). The van der Waals surface area contributed by atoms with Crippen molar-refractivity contribution in [3.05, 3.63) is 53.6 Å². The van der Waals surface area contributed by atoms with Gasteiger partial charge in [-0.3, -0.25) is 14.5 Å². The number of carboxylic acids is 1. The highest BCUT2D eigenvalue weighted by Gasteiger charge is 2.28. The zero-order chi connectivity index (χ0) is 23.7. The third-order valence-corrected chi connectivity index (χ3v) is 6.10. The van der Waals surface area contributed by atoms with Gasteiger partial charge in [-0.15, -0.1) is 11.8 Å². The summed E-state index contributed by atoms with van der Waals surface area (Å²) in [7, 11) is 3.24. The molecular weight excluding hydrogens is 428 g/mol. The number of amides is 1. The SMILES string of the molecule is COCCN(CC(=O)Nc1ccc(OC)cc1C)Cc1ccc(SC(C)(C)C(=O)O)cc1. The first kappa shape index (κ1) is 25.7. The second kappa shape index (κ2) is 11.9. The maximum Gasteiger partial charge on any atom is 0.319 e. The zero-order valence-corrected chi connectivity index (χ0v) is 20.1. The zero-order valence-electron chi connectivity index (χ0n) is 19.3. The fraction of sp³-hybridized carbons (Fsp3) is 0.417. The Hall–Kier alpha value is -2.55. The minimum Gasteiger partial charge on any atom is -0.497 e. The summed E-state index contributed by atoms with van der Waals surface area (Å²) in [6.07, 6.45) is 0. The van der Waals surface area contributed by atoms with Gasteiger partial charge in [0.15, 0.2) is 0 Å². The summed E-state index contributed by atoms with van der Waals surface area (Å²) >= 11 is 1.31. The van der Waals surface area contributed by atoms with Gasteiger partial charge in [0, 0.05) is 30.8 Å². The number of carbonyl (C=O) groups excluding carboxylic acids is 1. The van der Waals surface area contributed by atoms with Crippen molar-refractivity contribution in [3.63, 3.8) is 0 Å². The molecule has 2 aromatic rings. The highest BCUT2D eigenvalue weighted by Crippen LogP contribution is 2.32. The molecule has 0 atom stereocenters. The van der Waals surface area contributed by atoms with Crippen LogP contribution >= 0.6 is 11.8 Å². The molecule has 2 aromatic carbocycles. The van der Waals surface area contributed by atoms with Crippen molar-refractivity contribution in [2.24, 2.45) is 0 Å². The monoisotopic (exact) mass is 460 g/mol. The molecule has 32 heavy (non-hydrogen) atoms. The molecule has 0 saturated carbocycles. The predicted octanol–water partition coefficient (Wildman–Crippen LogP) is 4.05. The van der Waals surface area contributed by atoms with Crippen LogP contribution in [0.5, 0.6) is 5.75 Å². The number of hydrogen-bond acceptors (Lipinski definition) is 6. The number of carboxylic acid groups (broad SMARTS) is 1. The largest absolute Gasteiger partial charge is 0.497 e. The number of hydrogen-bond donors (Lipinski definition) is 2. The maximum atomic E-state index is 12.7. The Morgan fingerprint density at radius 1 is 1.12 bits per heavy atom. The molecule has 0 aliphatic rings. The topological polar surface area (TPSA) is 88.1 Å². The van der Waals surface area contributed by atoms with Crippen LogP contribution in [0.2, 0.25) is 0 Å². The number of carbonyl (C=O) groups is 2. The van der Waals surface area contributed by atoms with Crippen LogP contribution in [0.4, 0.5) is 5.69 Å². The fourth-order valence-electron chi connectivity index (χ4n) is 2.99. The molecule has 0 unspecified atom stereocenters. The predicted molar refractivity (Wildman–Crippen MR) is 128 cm³/mol. The highest BCUT2D eigenvalue weighted by atomic mass is 32.2. The van der Waals surface area contributed by atoms with Gasteiger partial charge in [-0.1, -0.05) is 12.1 Å². The Morgan fingerprint density at radius 2 is 1.81 bits per heavy atom. The average molecular weight is 461 g/mol. The quantitative estimate of drug-likeness (QED) is 0.462. The van der Waals surface area contributed by atoms with Crippen LogP contribution < -0.4 is 10.1 Å². The molecule has 0 bridgehead atoms. The number of thioether (sulfide) groups is 1. The Kier molecular flexibility index (Phi) is 9.56. The summed E-state index contributed by atoms with van der Waals surface area (Å²) in [6.45, 7) is 7.20. The number of ether oxygens (including phenoxy) is 2. The molecule has 0 radical (unpaired) electrons. The van der Waals surface area contributed by atoms with E-state index in [0.29, 0.717) is 19.7 Å². The van der Waals surface area contributed by atoms with Crippen LogP contribution in [-0.2, 0) is 20.9 Å². The molecule has 7 nitrogen and oxygen atoms in total. The van der Waals surface area contributed by atoms with Gasteiger partial charge in [-0.25, -0.2) is 0 Å². The lowest BCUT2D eigenvalue weighted by Crippen LogP contribution is -2.35. The first-order chi connectivity index (χ1) is 15.1. The standard InChI is InChI=1S/C24H32N2O5S/c1-17-14-19(31-5)8-11-21(17)25-22(27)16-26(12-13-30-4)15-18-6-9-20(10-7-18)32-24(2,3)23(28)29/h6-11,14H,12-13,15-16H2,1-5H3,(H,25,27)(H,28,29). The van der Waals surface area contributed by atoms with Gasteiger partial charge in [0.05, 0.1) is 20.3 Å². The second-order valence-electron chi connectivity index (χ2n) is 7.99. The molecule has 2 N–H and O–H groups in total. The van der Waals surface area contributed by atoms with E-state index < -0.39 is 10.7 Å². The molecule has 0 aliphatic carbocycles. The first-order valence-corrected chi connectivity index (χ1v) is 11.1. The second-order valence-corrected chi connectivity index (χ2v) is 9.69. The molecule has 174 valence electrons. The number of aliphatic carboxylic acids is 1. The first-order valence-electron chi connectivity index (χ1n) is 10.3. The number of benzene rings is 2. The highest BCUT2D eigenvalue weighted by molar-refractivity contribution is 8.01. The van der Waals surface area contributed by atoms with Crippen molar-refractivity contribution < 1.29 is 24.2 Å². The van der Waals surface area contributed by atoms with Gasteiger partial charge < -0.3 is 19.9 Å². The summed E-state index contributed by atoms with van der Waals surface area (Å²) in [6, 6.07) is 13.3. The minimum atomic E-state index is -0.899. The van der Waals surface area contributed by atoms with E-state index in [0.717, 1.165) is 27.5 Å². The van der Waals surface area contributed by atoms with E-state index in [9.17, 15) is 14.7 Å². The van der Waals surface area contributed by atoms with Crippen LogP contribution in [0.25, 0.3) is 0 Å². The Labute approximate surface area is 194 Å². The van der Waals surface area contributed by atoms with Crippen molar-refractivity contribution in [2.75, 3.05) is 39.2 Å². The molecule has 8 heteroatoms. The van der Waals surface area contributed by atoms with Crippen LogP contribution in [0.3, 0.4) is 0 Å². The third kappa shape index (κ3) is 7.85. The number of aryl methyl sites for hydroxylation is 1. The lowest BCUT2D eigenvalue weighted by molar-refractivity contribution is -0.138. The number of anilines is 1. The van der Waals surface area contributed by atoms with Crippen LogP contribution in [0.15, 0.2) is 47.4 Å². The van der Waals surface area contributed by atoms with Gasteiger partial charge in [0.25, 0.3) is 0 Å². The fourth-order valence-corrected chi connectivity index (χ4v) is 3.94. The molecule has 0 fully saturated rings. The number of nitrogens with one attached hydrogen (secondary N) is 1. The third-order valence-electron chi connectivity index (χ3n) is 4.90. The van der Waals surface area contributed by atoms with Crippen LogP contribution in [-0.4, -0.2) is 60.5 Å². The van der Waals surface area contributed by atoms with Gasteiger partial charge in [-0.05, 0) is 62.2 Å². The lowest BCUT2D eigenvalue weighted by atomic mass is 10.2. The van der Waals surface area contributed by atoms with Crippen molar-refractivity contribution in [3.8, 4) is 5.75 Å². The average Bonchev–Trinajstić information content (AvgIpc) is 2.74. The molecule has 0 spiro atoms. The van der Waals surface area contributed by atoms with E-state index in [-0.39, 0.29) is 12.5 Å². The van der Waals surface area contributed by atoms with Gasteiger partial charge in [0.2, 0.25) is 5.91 Å². The maximum absolute atomic E-state index is 12.7. The summed E-state index contributed by atoms with van der Waals surface area (Å²) < 4.78 is 9.52. The van der Waals surface area contributed by atoms with E-state index in [1.54, 1.807) is 28.1 Å². The van der Waals surface area contributed by atoms with E-state index >= 15 is 0 Å². The Bertz CT molecular complexity index is 915. The summed E-state index contributed by atoms with van der Waals surface area (Å²) in [4.78, 5) is 26.9. The van der Waals surface area contributed by atoms with E-state index in [1.165, 1.54) is 11.8 Å². The van der Waals surface area contributed by atoms with Gasteiger partial charge in [0.1, 0.15) is 10.5 Å². The van der Waals surface area contributed by atoms with Crippen molar-refractivity contribution in [1.82, 2.24) is 4.90 Å². The smallest absolute Gasteiger partial charge is 0.319 e. The van der Waals surface area contributed by atoms with Crippen LogP contribution in [0.1, 0.15) is 25.0 Å². The van der Waals surface area contributed by atoms with Crippen LogP contribution in [0, 0.1) is 6.92 Å². The van der Waals surface area contributed by atoms with E-state index in [4.69, 9.17) is 9.47 Å². The van der Waals surface area contributed by atoms with Crippen molar-refractivity contribution >= 4 is 29.3 Å². The Morgan fingerprint density at radius 3 is 2.38 bits per heavy atom. The van der Waals surface area contributed by atoms with E-state index in [1.807, 2.05) is 54.3 Å². The molecule has 0 saturated heterocycles. The number of rotatable bonds is 12. The van der Waals surface area contributed by atoms with Crippen molar-refractivity contribution in [2.45, 2.75) is 37.0 Å². The van der Waals surface area contributed by atoms with E-state index in [2.05, 4.69) is 5.32 Å². The molecule has 0 aliphatic heterocycles. The molecule has 1 amide bonds. The number of nitrogens with zero attached hydrogens (tertiary/aromatic N) is 1. The Balaban J connectivity index is 2.02. The summed E-state index contributed by atoms with van der Waals surface area (Å²) in [5, 5.41) is 12.3. The minimum absolute atomic E-state index is 0.107. The van der Waals surface area contributed by atoms with Crippen molar-refractivity contribution in [1.29, 1.82) is 0 Å². The normalized spacial score (nSPS) is 11.4. The molecular formula is C24H32N2O5S. The van der Waals surface area contributed by atoms with Gasteiger partial charge in [-0.2, -0.15) is 0 Å². The summed E-state index contributed by atoms with van der Waals surface area (Å²) in [5.41, 5.74) is 2.72.